The summed E-state index contributed by atoms with van der Waals surface area (Å²) in [5, 5.41) is 3.13. The summed E-state index contributed by atoms with van der Waals surface area (Å²) in [4.78, 5) is 11.9. The molecule has 0 radical (unpaired) electrons. The van der Waals surface area contributed by atoms with Gasteiger partial charge in [-0.1, -0.05) is 23.7 Å². The number of halogens is 4. The van der Waals surface area contributed by atoms with E-state index in [1.165, 1.54) is 30.3 Å². The Balaban J connectivity index is 1.61. The summed E-state index contributed by atoms with van der Waals surface area (Å²) in [6.07, 6.45) is -4.60. The third kappa shape index (κ3) is 6.62. The molecule has 0 aromatic heterocycles. The molecule has 2 N–H and O–H groups in total. The number of carbonyl (C=O) groups excluding carboxylic acids is 1. The van der Waals surface area contributed by atoms with Crippen LogP contribution in [0.4, 0.5) is 24.5 Å². The minimum absolute atomic E-state index is 0.189. The van der Waals surface area contributed by atoms with E-state index < -0.39 is 27.7 Å². The molecule has 174 valence electrons. The first-order valence-corrected chi connectivity index (χ1v) is 11.3. The van der Waals surface area contributed by atoms with Gasteiger partial charge in [0.2, 0.25) is 0 Å². The highest BCUT2D eigenvalue weighted by Crippen LogP contribution is 2.31. The van der Waals surface area contributed by atoms with Crippen molar-refractivity contribution in [3.63, 3.8) is 0 Å². The molecule has 0 unspecified atom stereocenters. The molecule has 0 atom stereocenters. The van der Waals surface area contributed by atoms with E-state index in [9.17, 15) is 26.4 Å². The summed E-state index contributed by atoms with van der Waals surface area (Å²) >= 11 is 6.01. The highest BCUT2D eigenvalue weighted by Gasteiger charge is 2.30. The van der Waals surface area contributed by atoms with Gasteiger partial charge in [0.15, 0.2) is 6.61 Å². The van der Waals surface area contributed by atoms with Gasteiger partial charge in [0.05, 0.1) is 10.5 Å². The largest absolute Gasteiger partial charge is 0.484 e. The molecule has 0 aliphatic rings. The highest BCUT2D eigenvalue weighted by atomic mass is 35.5. The molecule has 0 aliphatic carbocycles. The second-order valence-corrected chi connectivity index (χ2v) is 9.05. The lowest BCUT2D eigenvalue weighted by Gasteiger charge is -2.12. The van der Waals surface area contributed by atoms with Crippen LogP contribution < -0.4 is 14.8 Å². The van der Waals surface area contributed by atoms with Crippen LogP contribution in [0.1, 0.15) is 11.1 Å². The fourth-order valence-electron chi connectivity index (χ4n) is 2.70. The van der Waals surface area contributed by atoms with Gasteiger partial charge in [-0.15, -0.1) is 0 Å². The van der Waals surface area contributed by atoms with Crippen LogP contribution in [0.5, 0.6) is 5.75 Å². The van der Waals surface area contributed by atoms with Crippen LogP contribution in [-0.4, -0.2) is 20.9 Å². The third-order valence-electron chi connectivity index (χ3n) is 4.40. The first kappa shape index (κ1) is 24.4. The van der Waals surface area contributed by atoms with Crippen LogP contribution in [0.3, 0.4) is 0 Å². The van der Waals surface area contributed by atoms with E-state index in [2.05, 4.69) is 10.0 Å². The van der Waals surface area contributed by atoms with Crippen molar-refractivity contribution in [1.82, 2.24) is 0 Å². The number of nitrogens with one attached hydrogen (secondary N) is 2. The molecule has 0 fully saturated rings. The van der Waals surface area contributed by atoms with Gasteiger partial charge in [-0.05, 0) is 67.1 Å². The Hall–Kier alpha value is -3.24. The van der Waals surface area contributed by atoms with Crippen molar-refractivity contribution >= 4 is 38.9 Å². The monoisotopic (exact) mass is 498 g/mol. The fourth-order valence-corrected chi connectivity index (χ4v) is 3.93. The second kappa shape index (κ2) is 9.72. The van der Waals surface area contributed by atoms with Crippen LogP contribution in [0, 0.1) is 6.92 Å². The van der Waals surface area contributed by atoms with E-state index in [4.69, 9.17) is 16.3 Å². The Bertz CT molecular complexity index is 1260. The quantitative estimate of drug-likeness (QED) is 0.451. The topological polar surface area (TPSA) is 84.5 Å². The number of benzene rings is 3. The Morgan fingerprint density at radius 1 is 1.00 bits per heavy atom. The average molecular weight is 499 g/mol. The molecule has 0 spiro atoms. The van der Waals surface area contributed by atoms with E-state index in [-0.39, 0.29) is 22.9 Å². The number of hydrogen-bond donors (Lipinski definition) is 2. The van der Waals surface area contributed by atoms with Crippen LogP contribution in [0.15, 0.2) is 71.6 Å². The van der Waals surface area contributed by atoms with Crippen LogP contribution >= 0.6 is 11.6 Å². The van der Waals surface area contributed by atoms with Crippen molar-refractivity contribution in [3.8, 4) is 5.75 Å². The minimum atomic E-state index is -4.60. The van der Waals surface area contributed by atoms with E-state index in [0.29, 0.717) is 16.8 Å². The Morgan fingerprint density at radius 2 is 1.70 bits per heavy atom. The normalized spacial score (nSPS) is 11.7. The van der Waals surface area contributed by atoms with Gasteiger partial charge in [0.1, 0.15) is 5.75 Å². The summed E-state index contributed by atoms with van der Waals surface area (Å²) in [7, 11) is -4.14. The lowest BCUT2D eigenvalue weighted by atomic mass is 10.2. The SMILES string of the molecule is Cc1ccc(NC(=O)COc2ccc(S(=O)(=O)Nc3cccc(C(F)(F)F)c3)cc2)cc1Cl. The van der Waals surface area contributed by atoms with Crippen molar-refractivity contribution < 1.29 is 31.1 Å². The molecule has 3 aromatic rings. The van der Waals surface area contributed by atoms with Crippen LogP contribution in [0.25, 0.3) is 0 Å². The van der Waals surface area contributed by atoms with Crippen LogP contribution in [-0.2, 0) is 21.0 Å². The van der Waals surface area contributed by atoms with E-state index in [1.54, 1.807) is 18.2 Å². The van der Waals surface area contributed by atoms with E-state index in [1.807, 2.05) is 6.92 Å². The van der Waals surface area contributed by atoms with Gasteiger partial charge in [-0.25, -0.2) is 8.42 Å². The number of rotatable bonds is 7. The average Bonchev–Trinajstić information content (AvgIpc) is 2.74. The first-order valence-electron chi connectivity index (χ1n) is 9.43. The number of aryl methyl sites for hydroxylation is 1. The van der Waals surface area contributed by atoms with Crippen molar-refractivity contribution in [2.24, 2.45) is 0 Å². The van der Waals surface area contributed by atoms with Crippen molar-refractivity contribution in [2.45, 2.75) is 18.0 Å². The van der Waals surface area contributed by atoms with Gasteiger partial charge in [0, 0.05) is 16.4 Å². The van der Waals surface area contributed by atoms with E-state index >= 15 is 0 Å². The highest BCUT2D eigenvalue weighted by molar-refractivity contribution is 7.92. The zero-order valence-electron chi connectivity index (χ0n) is 17.1. The van der Waals surface area contributed by atoms with Crippen molar-refractivity contribution in [2.75, 3.05) is 16.6 Å². The van der Waals surface area contributed by atoms with Crippen LogP contribution in [0.2, 0.25) is 5.02 Å². The van der Waals surface area contributed by atoms with Gasteiger partial charge in [-0.2, -0.15) is 13.2 Å². The van der Waals surface area contributed by atoms with Gasteiger partial charge in [0.25, 0.3) is 15.9 Å². The molecule has 11 heteroatoms. The molecule has 0 aliphatic heterocycles. The van der Waals surface area contributed by atoms with Gasteiger partial charge >= 0.3 is 6.18 Å². The Labute approximate surface area is 193 Å². The summed E-state index contributed by atoms with van der Waals surface area (Å²) in [5.74, 6) is -0.220. The summed E-state index contributed by atoms with van der Waals surface area (Å²) < 4.78 is 70.9. The molecule has 6 nitrogen and oxygen atoms in total. The molecule has 3 aromatic carbocycles. The number of alkyl halides is 3. The number of sulfonamides is 1. The van der Waals surface area contributed by atoms with Gasteiger partial charge < -0.3 is 10.1 Å². The number of ether oxygens (including phenoxy) is 1. The lowest BCUT2D eigenvalue weighted by Crippen LogP contribution is -2.20. The van der Waals surface area contributed by atoms with E-state index in [0.717, 1.165) is 17.7 Å². The Kier molecular flexibility index (Phi) is 7.19. The van der Waals surface area contributed by atoms with Crippen molar-refractivity contribution in [1.29, 1.82) is 0 Å². The van der Waals surface area contributed by atoms with Crippen molar-refractivity contribution in [3.05, 3.63) is 82.9 Å². The second-order valence-electron chi connectivity index (χ2n) is 6.96. The maximum absolute atomic E-state index is 12.8. The molecule has 0 saturated heterocycles. The smallest absolute Gasteiger partial charge is 0.416 e. The third-order valence-corrected chi connectivity index (χ3v) is 6.21. The van der Waals surface area contributed by atoms with Gasteiger partial charge in [-0.3, -0.25) is 9.52 Å². The molecule has 1 amide bonds. The fraction of sp³-hybridized carbons (Fsp3) is 0.136. The maximum atomic E-state index is 12.8. The molecule has 0 saturated carbocycles. The Morgan fingerprint density at radius 3 is 2.33 bits per heavy atom. The zero-order chi connectivity index (χ0) is 24.2. The lowest BCUT2D eigenvalue weighted by molar-refractivity contribution is -0.137. The number of hydrogen-bond acceptors (Lipinski definition) is 4. The molecular weight excluding hydrogens is 481 g/mol. The first-order chi connectivity index (χ1) is 15.4. The molecule has 3 rings (SSSR count). The molecule has 0 heterocycles. The summed E-state index contributed by atoms with van der Waals surface area (Å²) in [5.41, 5.74) is 0.167. The number of anilines is 2. The predicted octanol–water partition coefficient (Wildman–Crippen LogP) is 5.49. The predicted molar refractivity (Wildman–Crippen MR) is 119 cm³/mol. The maximum Gasteiger partial charge on any atom is 0.416 e. The summed E-state index contributed by atoms with van der Waals surface area (Å²) in [6, 6.07) is 14.0. The standard InChI is InChI=1S/C22H18ClF3N2O4S/c1-14-5-6-16(12-20(14)23)27-21(29)13-32-18-7-9-19(10-8-18)33(30,31)28-17-4-2-3-15(11-17)22(24,25)26/h2-12,28H,13H2,1H3,(H,27,29). The molecule has 0 bridgehead atoms. The molecule has 33 heavy (non-hydrogen) atoms. The molecular formula is C22H18ClF3N2O4S. The number of amides is 1. The zero-order valence-corrected chi connectivity index (χ0v) is 18.7. The number of carbonyl (C=O) groups is 1. The minimum Gasteiger partial charge on any atom is -0.484 e. The summed E-state index contributed by atoms with van der Waals surface area (Å²) in [6.45, 7) is 1.50.